The lowest BCUT2D eigenvalue weighted by molar-refractivity contribution is 0.589. The summed E-state index contributed by atoms with van der Waals surface area (Å²) in [7, 11) is -3.86. The quantitative estimate of drug-likeness (QED) is 0.546. The predicted molar refractivity (Wildman–Crippen MR) is 109 cm³/mol. The molecule has 148 valence electrons. The summed E-state index contributed by atoms with van der Waals surface area (Å²) in [6.45, 7) is 3.52. The molecule has 0 aliphatic heterocycles. The van der Waals surface area contributed by atoms with Gasteiger partial charge in [0.15, 0.2) is 0 Å². The largest absolute Gasteiger partial charge is 0.274 e. The van der Waals surface area contributed by atoms with Crippen molar-refractivity contribution in [3.63, 3.8) is 0 Å². The molecule has 0 saturated carbocycles. The highest BCUT2D eigenvalue weighted by molar-refractivity contribution is 7.92. The van der Waals surface area contributed by atoms with E-state index in [1.165, 1.54) is 14.9 Å². The Morgan fingerprint density at radius 1 is 1.00 bits per heavy atom. The molecular weight excluding hydrogens is 390 g/mol. The van der Waals surface area contributed by atoms with Crippen LogP contribution in [-0.4, -0.2) is 28.0 Å². The molecule has 0 radical (unpaired) electrons. The Balaban J connectivity index is 1.81. The Hall–Kier alpha value is -3.46. The second-order valence-electron chi connectivity index (χ2n) is 6.70. The number of aryl methyl sites for hydroxylation is 2. The first-order valence-electron chi connectivity index (χ1n) is 8.94. The van der Waals surface area contributed by atoms with Gasteiger partial charge in [-0.25, -0.2) is 13.4 Å². The highest BCUT2D eigenvalue weighted by atomic mass is 32.2. The van der Waals surface area contributed by atoms with Gasteiger partial charge in [0, 0.05) is 11.8 Å². The van der Waals surface area contributed by atoms with Crippen LogP contribution in [0.3, 0.4) is 0 Å². The van der Waals surface area contributed by atoms with Crippen molar-refractivity contribution in [2.45, 2.75) is 25.3 Å². The fourth-order valence-corrected chi connectivity index (χ4v) is 4.42. The molecular formula is C20H19N5O3S. The third kappa shape index (κ3) is 3.64. The van der Waals surface area contributed by atoms with Crippen LogP contribution in [0.5, 0.6) is 0 Å². The minimum absolute atomic E-state index is 0.0813. The molecule has 0 fully saturated rings. The first kappa shape index (κ1) is 18.9. The van der Waals surface area contributed by atoms with Gasteiger partial charge in [-0.2, -0.15) is 9.50 Å². The molecule has 4 rings (SSSR count). The topological polar surface area (TPSA) is 100 Å². The van der Waals surface area contributed by atoms with Crippen LogP contribution in [0, 0.1) is 13.8 Å². The summed E-state index contributed by atoms with van der Waals surface area (Å²) < 4.78 is 29.2. The number of nitrogens with zero attached hydrogens (tertiary/aromatic N) is 4. The van der Waals surface area contributed by atoms with Crippen molar-refractivity contribution in [3.8, 4) is 0 Å². The summed E-state index contributed by atoms with van der Waals surface area (Å²) in [5.74, 6) is 0.505. The van der Waals surface area contributed by atoms with Crippen LogP contribution in [-0.2, 0) is 16.6 Å². The number of benzene rings is 2. The van der Waals surface area contributed by atoms with Gasteiger partial charge >= 0.3 is 0 Å². The maximum absolute atomic E-state index is 13.4. The van der Waals surface area contributed by atoms with E-state index in [2.05, 4.69) is 15.1 Å². The smallest absolute Gasteiger partial charge is 0.273 e. The zero-order valence-corrected chi connectivity index (χ0v) is 16.7. The molecule has 0 unspecified atom stereocenters. The third-order valence-electron chi connectivity index (χ3n) is 4.45. The minimum atomic E-state index is -3.86. The van der Waals surface area contributed by atoms with Crippen molar-refractivity contribution in [1.29, 1.82) is 0 Å². The summed E-state index contributed by atoms with van der Waals surface area (Å²) in [5.41, 5.74) is 1.69. The fourth-order valence-electron chi connectivity index (χ4n) is 2.99. The van der Waals surface area contributed by atoms with Gasteiger partial charge in [-0.15, -0.1) is 0 Å². The van der Waals surface area contributed by atoms with Gasteiger partial charge in [-0.3, -0.25) is 14.2 Å². The molecule has 4 aromatic rings. The summed E-state index contributed by atoms with van der Waals surface area (Å²) in [6, 6.07) is 16.8. The maximum Gasteiger partial charge on any atom is 0.274 e. The van der Waals surface area contributed by atoms with Crippen molar-refractivity contribution < 1.29 is 8.42 Å². The number of fused-ring (bicyclic) bond motifs is 1. The Labute approximate surface area is 167 Å². The lowest BCUT2D eigenvalue weighted by atomic mass is 10.2. The SMILES string of the molecule is Cc1ccc(S(=O)(=O)N(Cc2nc3nc(C)cc(=O)n3[nH]2)c2ccccc2)cc1. The van der Waals surface area contributed by atoms with Crippen LogP contribution < -0.4 is 9.86 Å². The van der Waals surface area contributed by atoms with E-state index in [0.717, 1.165) is 5.56 Å². The number of hydrogen-bond acceptors (Lipinski definition) is 5. The van der Waals surface area contributed by atoms with Crippen molar-refractivity contribution in [1.82, 2.24) is 19.6 Å². The number of para-hydroxylation sites is 1. The second kappa shape index (κ2) is 7.17. The zero-order chi connectivity index (χ0) is 20.6. The van der Waals surface area contributed by atoms with Crippen molar-refractivity contribution in [2.75, 3.05) is 4.31 Å². The minimum Gasteiger partial charge on any atom is -0.273 e. The van der Waals surface area contributed by atoms with Gasteiger partial charge in [-0.05, 0) is 38.1 Å². The molecule has 0 bridgehead atoms. The van der Waals surface area contributed by atoms with E-state index in [-0.39, 0.29) is 22.8 Å². The van der Waals surface area contributed by atoms with E-state index in [1.54, 1.807) is 55.5 Å². The summed E-state index contributed by atoms with van der Waals surface area (Å²) in [6.07, 6.45) is 0. The summed E-state index contributed by atoms with van der Waals surface area (Å²) >= 11 is 0. The maximum atomic E-state index is 13.4. The van der Waals surface area contributed by atoms with Crippen LogP contribution in [0.25, 0.3) is 5.78 Å². The standard InChI is InChI=1S/C20H19N5O3S/c1-14-8-10-17(11-9-14)29(27,28)24(16-6-4-3-5-7-16)13-18-22-20-21-15(2)12-19(26)25(20)23-18/h3-12H,13H2,1-2H3,(H,21,22,23). The van der Waals surface area contributed by atoms with E-state index in [4.69, 9.17) is 0 Å². The normalized spacial score (nSPS) is 11.7. The van der Waals surface area contributed by atoms with Crippen molar-refractivity contribution in [2.24, 2.45) is 0 Å². The molecule has 0 aliphatic rings. The van der Waals surface area contributed by atoms with Gasteiger partial charge < -0.3 is 0 Å². The summed E-state index contributed by atoms with van der Waals surface area (Å²) in [5, 5.41) is 2.85. The van der Waals surface area contributed by atoms with Gasteiger partial charge in [0.2, 0.25) is 0 Å². The van der Waals surface area contributed by atoms with E-state index in [1.807, 2.05) is 13.0 Å². The Kier molecular flexibility index (Phi) is 4.67. The number of H-pyrrole nitrogens is 1. The fraction of sp³-hybridized carbons (Fsp3) is 0.150. The number of sulfonamides is 1. The van der Waals surface area contributed by atoms with Crippen LogP contribution in [0.2, 0.25) is 0 Å². The second-order valence-corrected chi connectivity index (χ2v) is 8.56. The molecule has 29 heavy (non-hydrogen) atoms. The number of aromatic amines is 1. The number of nitrogens with one attached hydrogen (secondary N) is 1. The van der Waals surface area contributed by atoms with Crippen LogP contribution in [0.1, 0.15) is 17.1 Å². The Morgan fingerprint density at radius 2 is 1.69 bits per heavy atom. The van der Waals surface area contributed by atoms with E-state index < -0.39 is 10.0 Å². The number of anilines is 1. The molecule has 0 saturated heterocycles. The van der Waals surface area contributed by atoms with E-state index >= 15 is 0 Å². The van der Waals surface area contributed by atoms with E-state index in [0.29, 0.717) is 17.2 Å². The molecule has 0 amide bonds. The van der Waals surface area contributed by atoms with Gasteiger partial charge in [-0.1, -0.05) is 35.9 Å². The molecule has 2 heterocycles. The molecule has 8 nitrogen and oxygen atoms in total. The Morgan fingerprint density at radius 3 is 2.38 bits per heavy atom. The third-order valence-corrected chi connectivity index (χ3v) is 6.24. The predicted octanol–water partition coefficient (Wildman–Crippen LogP) is 2.43. The highest BCUT2D eigenvalue weighted by Crippen LogP contribution is 2.25. The average Bonchev–Trinajstić information content (AvgIpc) is 3.10. The molecule has 9 heteroatoms. The molecule has 2 aromatic heterocycles. The monoisotopic (exact) mass is 409 g/mol. The number of rotatable bonds is 5. The average molecular weight is 409 g/mol. The Bertz CT molecular complexity index is 1330. The first-order chi connectivity index (χ1) is 13.8. The first-order valence-corrected chi connectivity index (χ1v) is 10.4. The highest BCUT2D eigenvalue weighted by Gasteiger charge is 2.26. The van der Waals surface area contributed by atoms with Crippen molar-refractivity contribution >= 4 is 21.5 Å². The summed E-state index contributed by atoms with van der Waals surface area (Å²) in [4.78, 5) is 20.8. The van der Waals surface area contributed by atoms with Crippen LogP contribution >= 0.6 is 0 Å². The lowest BCUT2D eigenvalue weighted by Gasteiger charge is -2.23. The van der Waals surface area contributed by atoms with Gasteiger partial charge in [0.05, 0.1) is 17.1 Å². The molecule has 0 atom stereocenters. The molecule has 2 aromatic carbocycles. The van der Waals surface area contributed by atoms with Gasteiger partial charge in [0.25, 0.3) is 21.4 Å². The van der Waals surface area contributed by atoms with Gasteiger partial charge in [0.1, 0.15) is 5.82 Å². The molecule has 0 aliphatic carbocycles. The lowest BCUT2D eigenvalue weighted by Crippen LogP contribution is -2.31. The number of aromatic nitrogens is 4. The van der Waals surface area contributed by atoms with E-state index in [9.17, 15) is 13.2 Å². The van der Waals surface area contributed by atoms with Crippen molar-refractivity contribution in [3.05, 3.63) is 88.1 Å². The van der Waals surface area contributed by atoms with Crippen LogP contribution in [0.4, 0.5) is 5.69 Å². The number of hydrogen-bond donors (Lipinski definition) is 1. The molecule has 1 N–H and O–H groups in total. The zero-order valence-electron chi connectivity index (χ0n) is 15.9. The van der Waals surface area contributed by atoms with Crippen LogP contribution in [0.15, 0.2) is 70.4 Å². The molecule has 0 spiro atoms.